The maximum atomic E-state index is 11.1. The first-order valence-corrected chi connectivity index (χ1v) is 6.78. The minimum Gasteiger partial charge on any atom is -0.480 e. The Balaban J connectivity index is 2.82. The third-order valence-corrected chi connectivity index (χ3v) is 3.24. The van der Waals surface area contributed by atoms with Crippen LogP contribution in [0.25, 0.3) is 0 Å². The van der Waals surface area contributed by atoms with Crippen molar-refractivity contribution < 1.29 is 14.7 Å². The zero-order valence-electron chi connectivity index (χ0n) is 12.8. The summed E-state index contributed by atoms with van der Waals surface area (Å²) in [5, 5.41) is 9.00. The van der Waals surface area contributed by atoms with Crippen LogP contribution in [-0.2, 0) is 11.3 Å². The second kappa shape index (κ2) is 7.75. The third kappa shape index (κ3) is 5.93. The van der Waals surface area contributed by atoms with E-state index in [9.17, 15) is 9.59 Å². The van der Waals surface area contributed by atoms with Crippen LogP contribution in [0.2, 0.25) is 0 Å². The standard InChI is InChI=1S/C15H23N3O3/c1-11-8-12(15(16)21)4-5-13(11)9-18(10-14(19)20)7-6-17(2)3/h4-5,8H,6-7,9-10H2,1-3H3,(H2,16,21)(H,19,20). The topological polar surface area (TPSA) is 86.9 Å². The Morgan fingerprint density at radius 3 is 2.38 bits per heavy atom. The normalized spacial score (nSPS) is 11.1. The fourth-order valence-electron chi connectivity index (χ4n) is 2.01. The van der Waals surface area contributed by atoms with Gasteiger partial charge in [0.1, 0.15) is 0 Å². The van der Waals surface area contributed by atoms with E-state index in [2.05, 4.69) is 0 Å². The van der Waals surface area contributed by atoms with Crippen molar-refractivity contribution in [2.24, 2.45) is 5.73 Å². The Kier molecular flexibility index (Phi) is 6.33. The van der Waals surface area contributed by atoms with Crippen LogP contribution in [0.15, 0.2) is 18.2 Å². The summed E-state index contributed by atoms with van der Waals surface area (Å²) < 4.78 is 0. The van der Waals surface area contributed by atoms with Crippen LogP contribution < -0.4 is 5.73 Å². The van der Waals surface area contributed by atoms with Gasteiger partial charge in [-0.2, -0.15) is 0 Å². The molecule has 21 heavy (non-hydrogen) atoms. The zero-order valence-corrected chi connectivity index (χ0v) is 12.8. The lowest BCUT2D eigenvalue weighted by atomic mass is 10.0. The molecule has 0 spiro atoms. The molecule has 0 fully saturated rings. The Hall–Kier alpha value is -1.92. The average Bonchev–Trinajstić information content (AvgIpc) is 2.37. The number of likely N-dealkylation sites (N-methyl/N-ethyl adjacent to an activating group) is 1. The van der Waals surface area contributed by atoms with Gasteiger partial charge in [-0.05, 0) is 44.3 Å². The molecule has 0 aromatic heterocycles. The van der Waals surface area contributed by atoms with Gasteiger partial charge in [-0.25, -0.2) is 0 Å². The number of hydrogen-bond donors (Lipinski definition) is 2. The molecule has 0 saturated carbocycles. The van der Waals surface area contributed by atoms with Crippen LogP contribution in [0.4, 0.5) is 0 Å². The summed E-state index contributed by atoms with van der Waals surface area (Å²) in [5.41, 5.74) is 7.65. The summed E-state index contributed by atoms with van der Waals surface area (Å²) >= 11 is 0. The average molecular weight is 293 g/mol. The van der Waals surface area contributed by atoms with E-state index >= 15 is 0 Å². The molecule has 0 aliphatic heterocycles. The van der Waals surface area contributed by atoms with Gasteiger partial charge in [0.25, 0.3) is 0 Å². The van der Waals surface area contributed by atoms with Gasteiger partial charge in [0.2, 0.25) is 5.91 Å². The van der Waals surface area contributed by atoms with Gasteiger partial charge in [0.05, 0.1) is 6.54 Å². The Labute approximate surface area is 125 Å². The molecule has 0 heterocycles. The van der Waals surface area contributed by atoms with Crippen molar-refractivity contribution in [1.82, 2.24) is 9.80 Å². The number of aryl methyl sites for hydroxylation is 1. The molecule has 6 heteroatoms. The quantitative estimate of drug-likeness (QED) is 0.730. The van der Waals surface area contributed by atoms with Crippen LogP contribution in [0.3, 0.4) is 0 Å². The maximum Gasteiger partial charge on any atom is 0.317 e. The van der Waals surface area contributed by atoms with Crippen molar-refractivity contribution in [2.75, 3.05) is 33.7 Å². The van der Waals surface area contributed by atoms with Crippen LogP contribution in [0.1, 0.15) is 21.5 Å². The van der Waals surface area contributed by atoms with Gasteiger partial charge >= 0.3 is 5.97 Å². The number of carboxylic acids is 1. The molecule has 0 unspecified atom stereocenters. The van der Waals surface area contributed by atoms with Crippen molar-refractivity contribution in [3.63, 3.8) is 0 Å². The molecule has 0 bridgehead atoms. The number of nitrogens with zero attached hydrogens (tertiary/aromatic N) is 2. The van der Waals surface area contributed by atoms with Gasteiger partial charge in [0.15, 0.2) is 0 Å². The van der Waals surface area contributed by atoms with Crippen molar-refractivity contribution in [2.45, 2.75) is 13.5 Å². The highest BCUT2D eigenvalue weighted by Gasteiger charge is 2.13. The van der Waals surface area contributed by atoms with E-state index in [0.29, 0.717) is 18.7 Å². The number of rotatable bonds is 8. The van der Waals surface area contributed by atoms with E-state index in [1.54, 1.807) is 12.1 Å². The molecule has 0 aliphatic carbocycles. The monoisotopic (exact) mass is 293 g/mol. The smallest absolute Gasteiger partial charge is 0.317 e. The van der Waals surface area contributed by atoms with E-state index < -0.39 is 11.9 Å². The number of amides is 1. The summed E-state index contributed by atoms with van der Waals surface area (Å²) in [6.07, 6.45) is 0. The summed E-state index contributed by atoms with van der Waals surface area (Å²) in [4.78, 5) is 26.0. The van der Waals surface area contributed by atoms with Crippen LogP contribution in [0.5, 0.6) is 0 Å². The predicted octanol–water partition coefficient (Wildman–Crippen LogP) is 0.542. The highest BCUT2D eigenvalue weighted by Crippen LogP contribution is 2.13. The number of benzene rings is 1. The lowest BCUT2D eigenvalue weighted by Crippen LogP contribution is -2.35. The lowest BCUT2D eigenvalue weighted by molar-refractivity contribution is -0.138. The molecule has 1 aromatic carbocycles. The summed E-state index contributed by atoms with van der Waals surface area (Å²) in [5.74, 6) is -1.31. The largest absolute Gasteiger partial charge is 0.480 e. The molecule has 0 atom stereocenters. The lowest BCUT2D eigenvalue weighted by Gasteiger charge is -2.23. The van der Waals surface area contributed by atoms with Gasteiger partial charge < -0.3 is 15.7 Å². The number of aliphatic carboxylic acids is 1. The van der Waals surface area contributed by atoms with Gasteiger partial charge in [-0.1, -0.05) is 6.07 Å². The second-order valence-electron chi connectivity index (χ2n) is 5.41. The molecular formula is C15H23N3O3. The minimum absolute atomic E-state index is 0.00908. The molecule has 0 saturated heterocycles. The van der Waals surface area contributed by atoms with E-state index in [-0.39, 0.29) is 6.54 Å². The number of primary amides is 1. The van der Waals surface area contributed by atoms with E-state index in [4.69, 9.17) is 10.8 Å². The Morgan fingerprint density at radius 1 is 1.24 bits per heavy atom. The van der Waals surface area contributed by atoms with Gasteiger partial charge in [0, 0.05) is 25.2 Å². The van der Waals surface area contributed by atoms with Crippen molar-refractivity contribution in [3.05, 3.63) is 34.9 Å². The molecule has 0 aliphatic rings. The first-order chi connectivity index (χ1) is 9.79. The number of nitrogens with two attached hydrogens (primary N) is 1. The number of hydrogen-bond acceptors (Lipinski definition) is 4. The van der Waals surface area contributed by atoms with Crippen molar-refractivity contribution >= 4 is 11.9 Å². The van der Waals surface area contributed by atoms with Crippen molar-refractivity contribution in [3.8, 4) is 0 Å². The number of carbonyl (C=O) groups excluding carboxylic acids is 1. The number of carbonyl (C=O) groups is 2. The van der Waals surface area contributed by atoms with Crippen LogP contribution in [0, 0.1) is 6.92 Å². The molecule has 116 valence electrons. The Bertz CT molecular complexity index is 515. The van der Waals surface area contributed by atoms with Gasteiger partial charge in [-0.3, -0.25) is 14.5 Å². The summed E-state index contributed by atoms with van der Waals surface area (Å²) in [6.45, 7) is 3.87. The molecule has 1 aromatic rings. The maximum absolute atomic E-state index is 11.1. The second-order valence-corrected chi connectivity index (χ2v) is 5.41. The minimum atomic E-state index is -0.847. The zero-order chi connectivity index (χ0) is 16.0. The third-order valence-electron chi connectivity index (χ3n) is 3.24. The molecule has 3 N–H and O–H groups in total. The van der Waals surface area contributed by atoms with Crippen LogP contribution >= 0.6 is 0 Å². The van der Waals surface area contributed by atoms with E-state index in [1.807, 2.05) is 36.9 Å². The molecule has 1 amide bonds. The molecule has 1 rings (SSSR count). The highest BCUT2D eigenvalue weighted by atomic mass is 16.4. The summed E-state index contributed by atoms with van der Waals surface area (Å²) in [6, 6.07) is 5.25. The van der Waals surface area contributed by atoms with E-state index in [1.165, 1.54) is 0 Å². The molecule has 0 radical (unpaired) electrons. The van der Waals surface area contributed by atoms with E-state index in [0.717, 1.165) is 17.7 Å². The first kappa shape index (κ1) is 17.1. The Morgan fingerprint density at radius 2 is 1.90 bits per heavy atom. The fraction of sp³-hybridized carbons (Fsp3) is 0.467. The fourth-order valence-corrected chi connectivity index (χ4v) is 2.01. The first-order valence-electron chi connectivity index (χ1n) is 6.78. The molecule has 6 nitrogen and oxygen atoms in total. The SMILES string of the molecule is Cc1cc(C(N)=O)ccc1CN(CCN(C)C)CC(=O)O. The highest BCUT2D eigenvalue weighted by molar-refractivity contribution is 5.93. The van der Waals surface area contributed by atoms with Gasteiger partial charge in [-0.15, -0.1) is 0 Å². The molecular weight excluding hydrogens is 270 g/mol. The summed E-state index contributed by atoms with van der Waals surface area (Å²) in [7, 11) is 3.90. The predicted molar refractivity (Wildman–Crippen MR) is 81.2 cm³/mol. The van der Waals surface area contributed by atoms with Crippen molar-refractivity contribution in [1.29, 1.82) is 0 Å². The van der Waals surface area contributed by atoms with Crippen LogP contribution in [-0.4, -0.2) is 60.5 Å². The number of carboxylic acid groups (broad SMARTS) is 1.